The molecule has 0 aliphatic heterocycles. The molecule has 2 aromatic rings. The summed E-state index contributed by atoms with van der Waals surface area (Å²) in [6.07, 6.45) is 0. The van der Waals surface area contributed by atoms with Crippen LogP contribution in [0.3, 0.4) is 0 Å². The van der Waals surface area contributed by atoms with Gasteiger partial charge in [0.05, 0.1) is 6.61 Å². The predicted octanol–water partition coefficient (Wildman–Crippen LogP) is 3.06. The van der Waals surface area contributed by atoms with Crippen molar-refractivity contribution in [2.45, 2.75) is 13.8 Å². The van der Waals surface area contributed by atoms with Crippen molar-refractivity contribution in [3.63, 3.8) is 0 Å². The zero-order valence-corrected chi connectivity index (χ0v) is 11.3. The summed E-state index contributed by atoms with van der Waals surface area (Å²) in [4.78, 5) is 15.7. The number of oxazole rings is 1. The molecule has 5 nitrogen and oxygen atoms in total. The number of rotatable bonds is 3. The number of carbonyl (C=O) groups excluding carboxylic acids is 1. The first-order valence-electron chi connectivity index (χ1n) is 5.73. The number of benzene rings is 1. The van der Waals surface area contributed by atoms with Crippen LogP contribution >= 0.6 is 11.6 Å². The molecule has 1 heterocycles. The van der Waals surface area contributed by atoms with E-state index < -0.39 is 5.97 Å². The number of ether oxygens (including phenoxy) is 1. The van der Waals surface area contributed by atoms with Crippen LogP contribution in [0.5, 0.6) is 0 Å². The Labute approximate surface area is 115 Å². The minimum atomic E-state index is -0.596. The highest BCUT2D eigenvalue weighted by molar-refractivity contribution is 6.30. The predicted molar refractivity (Wildman–Crippen MR) is 72.1 cm³/mol. The Kier molecular flexibility index (Phi) is 3.76. The molecule has 0 saturated carbocycles. The van der Waals surface area contributed by atoms with E-state index in [9.17, 15) is 4.79 Å². The van der Waals surface area contributed by atoms with E-state index in [0.717, 1.165) is 11.1 Å². The van der Waals surface area contributed by atoms with Crippen LogP contribution in [0.4, 0.5) is 5.88 Å². The summed E-state index contributed by atoms with van der Waals surface area (Å²) in [5.74, 6) is -0.376. The van der Waals surface area contributed by atoms with E-state index in [1.54, 1.807) is 25.1 Å². The van der Waals surface area contributed by atoms with Crippen molar-refractivity contribution in [3.8, 4) is 11.5 Å². The third kappa shape index (κ3) is 2.71. The van der Waals surface area contributed by atoms with Gasteiger partial charge in [0, 0.05) is 10.6 Å². The number of hydrogen-bond acceptors (Lipinski definition) is 5. The molecule has 0 fully saturated rings. The second-order valence-corrected chi connectivity index (χ2v) is 4.35. The van der Waals surface area contributed by atoms with Crippen molar-refractivity contribution in [1.29, 1.82) is 0 Å². The summed E-state index contributed by atoms with van der Waals surface area (Å²) in [6, 6.07) is 5.26. The topological polar surface area (TPSA) is 78.3 Å². The van der Waals surface area contributed by atoms with E-state index in [-0.39, 0.29) is 24.1 Å². The lowest BCUT2D eigenvalue weighted by molar-refractivity contribution is 0.0521. The lowest BCUT2D eigenvalue weighted by atomic mass is 10.1. The van der Waals surface area contributed by atoms with Crippen LogP contribution in [-0.2, 0) is 4.74 Å². The fourth-order valence-electron chi connectivity index (χ4n) is 1.66. The number of nitrogens with two attached hydrogens (primary N) is 1. The van der Waals surface area contributed by atoms with Crippen LogP contribution in [0.15, 0.2) is 22.6 Å². The van der Waals surface area contributed by atoms with Gasteiger partial charge in [-0.05, 0) is 37.6 Å². The lowest BCUT2D eigenvalue weighted by Gasteiger charge is -2.01. The molecule has 0 bridgehead atoms. The average Bonchev–Trinajstić information content (AvgIpc) is 2.71. The van der Waals surface area contributed by atoms with Crippen molar-refractivity contribution in [2.24, 2.45) is 0 Å². The Bertz CT molecular complexity index is 622. The van der Waals surface area contributed by atoms with Gasteiger partial charge in [0.1, 0.15) is 0 Å². The van der Waals surface area contributed by atoms with Crippen molar-refractivity contribution in [3.05, 3.63) is 34.5 Å². The van der Waals surface area contributed by atoms with Gasteiger partial charge in [-0.2, -0.15) is 4.98 Å². The summed E-state index contributed by atoms with van der Waals surface area (Å²) in [7, 11) is 0. The van der Waals surface area contributed by atoms with Crippen LogP contribution in [0, 0.1) is 6.92 Å². The van der Waals surface area contributed by atoms with Crippen molar-refractivity contribution >= 4 is 23.5 Å². The van der Waals surface area contributed by atoms with Gasteiger partial charge >= 0.3 is 5.97 Å². The highest BCUT2D eigenvalue weighted by Crippen LogP contribution is 2.28. The molecule has 0 aliphatic rings. The molecule has 1 aromatic heterocycles. The summed E-state index contributed by atoms with van der Waals surface area (Å²) >= 11 is 5.88. The highest BCUT2D eigenvalue weighted by atomic mass is 35.5. The van der Waals surface area contributed by atoms with Crippen molar-refractivity contribution in [1.82, 2.24) is 4.98 Å². The number of nitrogen functional groups attached to an aromatic ring is 1. The van der Waals surface area contributed by atoms with Crippen LogP contribution in [0.25, 0.3) is 11.5 Å². The molecule has 0 aliphatic carbocycles. The Balaban J connectivity index is 2.42. The summed E-state index contributed by atoms with van der Waals surface area (Å²) in [5.41, 5.74) is 7.23. The molecule has 19 heavy (non-hydrogen) atoms. The number of aromatic nitrogens is 1. The number of carbonyl (C=O) groups is 1. The highest BCUT2D eigenvalue weighted by Gasteiger charge is 2.20. The third-order valence-electron chi connectivity index (χ3n) is 2.54. The van der Waals surface area contributed by atoms with Gasteiger partial charge in [0.15, 0.2) is 0 Å². The van der Waals surface area contributed by atoms with Gasteiger partial charge in [-0.3, -0.25) is 0 Å². The number of hydrogen-bond donors (Lipinski definition) is 1. The number of nitrogens with zero attached hydrogens (tertiary/aromatic N) is 1. The SMILES string of the molecule is CCOC(=O)c1nc(-c2ccc(Cl)cc2C)oc1N. The zero-order chi connectivity index (χ0) is 14.0. The lowest BCUT2D eigenvalue weighted by Crippen LogP contribution is -2.07. The van der Waals surface area contributed by atoms with Gasteiger partial charge in [-0.25, -0.2) is 4.79 Å². The maximum absolute atomic E-state index is 11.6. The molecule has 0 atom stereocenters. The Morgan fingerprint density at radius 1 is 1.53 bits per heavy atom. The quantitative estimate of drug-likeness (QED) is 0.874. The number of anilines is 1. The minimum Gasteiger partial charge on any atom is -0.461 e. The monoisotopic (exact) mass is 280 g/mol. The molecule has 2 rings (SSSR count). The van der Waals surface area contributed by atoms with Crippen LogP contribution in [-0.4, -0.2) is 17.6 Å². The first kappa shape index (κ1) is 13.4. The number of aryl methyl sites for hydroxylation is 1. The fraction of sp³-hybridized carbons (Fsp3) is 0.231. The third-order valence-corrected chi connectivity index (χ3v) is 2.78. The van der Waals surface area contributed by atoms with E-state index in [2.05, 4.69) is 4.98 Å². The molecule has 0 radical (unpaired) electrons. The van der Waals surface area contributed by atoms with E-state index in [1.807, 2.05) is 6.92 Å². The maximum Gasteiger partial charge on any atom is 0.362 e. The van der Waals surface area contributed by atoms with E-state index in [0.29, 0.717) is 5.02 Å². The average molecular weight is 281 g/mol. The van der Waals surface area contributed by atoms with E-state index >= 15 is 0 Å². The van der Waals surface area contributed by atoms with Gasteiger partial charge in [0.2, 0.25) is 17.5 Å². The summed E-state index contributed by atoms with van der Waals surface area (Å²) in [5, 5.41) is 0.617. The van der Waals surface area contributed by atoms with Crippen LogP contribution in [0.2, 0.25) is 5.02 Å². The van der Waals surface area contributed by atoms with Gasteiger partial charge < -0.3 is 14.9 Å². The first-order chi connectivity index (χ1) is 9.02. The molecular formula is C13H13ClN2O3. The molecule has 0 saturated heterocycles. The smallest absolute Gasteiger partial charge is 0.362 e. The molecule has 2 N–H and O–H groups in total. The Morgan fingerprint density at radius 2 is 2.26 bits per heavy atom. The zero-order valence-electron chi connectivity index (χ0n) is 10.6. The molecule has 0 amide bonds. The largest absolute Gasteiger partial charge is 0.461 e. The second-order valence-electron chi connectivity index (χ2n) is 3.91. The second kappa shape index (κ2) is 5.32. The number of esters is 1. The van der Waals surface area contributed by atoms with Gasteiger partial charge in [-0.1, -0.05) is 11.6 Å². The van der Waals surface area contributed by atoms with Gasteiger partial charge in [-0.15, -0.1) is 0 Å². The maximum atomic E-state index is 11.6. The molecule has 6 heteroatoms. The van der Waals surface area contributed by atoms with Gasteiger partial charge in [0.25, 0.3) is 0 Å². The minimum absolute atomic E-state index is 0.00815. The standard InChI is InChI=1S/C13H13ClN2O3/c1-3-18-13(17)10-11(15)19-12(16-10)9-5-4-8(14)6-7(9)2/h4-6H,3,15H2,1-2H3. The number of halogens is 1. The van der Waals surface area contributed by atoms with Crippen LogP contribution in [0.1, 0.15) is 23.0 Å². The molecule has 0 spiro atoms. The molecule has 1 aromatic carbocycles. The van der Waals surface area contributed by atoms with Crippen LogP contribution < -0.4 is 5.73 Å². The molecular weight excluding hydrogens is 268 g/mol. The van der Waals surface area contributed by atoms with E-state index in [4.69, 9.17) is 26.5 Å². The Hall–Kier alpha value is -2.01. The van der Waals surface area contributed by atoms with Crippen molar-refractivity contribution < 1.29 is 13.9 Å². The summed E-state index contributed by atoms with van der Waals surface area (Å²) in [6.45, 7) is 3.82. The van der Waals surface area contributed by atoms with E-state index in [1.165, 1.54) is 0 Å². The molecule has 100 valence electrons. The molecule has 0 unspecified atom stereocenters. The first-order valence-corrected chi connectivity index (χ1v) is 6.10. The summed E-state index contributed by atoms with van der Waals surface area (Å²) < 4.78 is 10.2. The Morgan fingerprint density at radius 3 is 2.89 bits per heavy atom. The normalized spacial score (nSPS) is 10.5. The fourth-order valence-corrected chi connectivity index (χ4v) is 1.89. The van der Waals surface area contributed by atoms with Crippen molar-refractivity contribution in [2.75, 3.05) is 12.3 Å².